The molecule has 27 heavy (non-hydrogen) atoms. The predicted molar refractivity (Wildman–Crippen MR) is 108 cm³/mol. The summed E-state index contributed by atoms with van der Waals surface area (Å²) in [7, 11) is 0. The van der Waals surface area contributed by atoms with Crippen molar-refractivity contribution in [2.24, 2.45) is 10.9 Å². The highest BCUT2D eigenvalue weighted by Gasteiger charge is 2.33. The van der Waals surface area contributed by atoms with Crippen LogP contribution in [-0.4, -0.2) is 27.6 Å². The van der Waals surface area contributed by atoms with Gasteiger partial charge in [-0.05, 0) is 59.1 Å². The van der Waals surface area contributed by atoms with Gasteiger partial charge in [-0.15, -0.1) is 0 Å². The van der Waals surface area contributed by atoms with Gasteiger partial charge in [-0.3, -0.25) is 9.69 Å². The first kappa shape index (κ1) is 19.3. The number of benzene rings is 2. The normalized spacial score (nSPS) is 17.5. The Bertz CT molecular complexity index is 874. The van der Waals surface area contributed by atoms with Crippen molar-refractivity contribution in [2.45, 2.75) is 20.5 Å². The summed E-state index contributed by atoms with van der Waals surface area (Å²) in [4.78, 5) is 19.7. The van der Waals surface area contributed by atoms with Crippen molar-refractivity contribution in [2.75, 3.05) is 6.54 Å². The van der Waals surface area contributed by atoms with Crippen LogP contribution >= 0.6 is 11.8 Å². The molecule has 140 valence electrons. The van der Waals surface area contributed by atoms with E-state index in [1.165, 1.54) is 23.9 Å². The Kier molecular flexibility index (Phi) is 6.08. The van der Waals surface area contributed by atoms with Crippen LogP contribution in [0.4, 0.5) is 10.1 Å². The molecule has 0 saturated carbocycles. The quantitative estimate of drug-likeness (QED) is 0.768. The second kappa shape index (κ2) is 8.50. The molecular formula is C21H21FN2O2S. The number of aliphatic imine (C=N–C) groups is 1. The van der Waals surface area contributed by atoms with E-state index in [1.807, 2.05) is 44.2 Å². The fourth-order valence-electron chi connectivity index (χ4n) is 2.61. The van der Waals surface area contributed by atoms with Crippen molar-refractivity contribution in [3.05, 3.63) is 70.4 Å². The molecule has 2 aromatic carbocycles. The number of amidine groups is 1. The summed E-state index contributed by atoms with van der Waals surface area (Å²) < 4.78 is 13.1. The Hall–Kier alpha value is -2.44. The lowest BCUT2D eigenvalue weighted by atomic mass is 10.1. The molecule has 0 atom stereocenters. The van der Waals surface area contributed by atoms with Crippen LogP contribution in [0.3, 0.4) is 0 Å². The first-order chi connectivity index (χ1) is 13.0. The van der Waals surface area contributed by atoms with Gasteiger partial charge in [0, 0.05) is 6.54 Å². The lowest BCUT2D eigenvalue weighted by Crippen LogP contribution is -2.32. The smallest absolute Gasteiger partial charge is 0.266 e. The SMILES string of the molecule is CC(C)CN1C(=O)/C(=C/c2ccc(CO)cc2)SC1=Nc1ccc(F)cc1. The Balaban J connectivity index is 1.91. The average Bonchev–Trinajstić information content (AvgIpc) is 2.92. The molecule has 1 fully saturated rings. The van der Waals surface area contributed by atoms with E-state index in [0.717, 1.165) is 11.1 Å². The van der Waals surface area contributed by atoms with Crippen molar-refractivity contribution in [3.63, 3.8) is 0 Å². The van der Waals surface area contributed by atoms with E-state index in [4.69, 9.17) is 5.11 Å². The molecule has 1 aliphatic rings. The zero-order chi connectivity index (χ0) is 19.4. The summed E-state index contributed by atoms with van der Waals surface area (Å²) >= 11 is 1.32. The molecule has 0 bridgehead atoms. The number of aliphatic hydroxyl groups is 1. The van der Waals surface area contributed by atoms with E-state index < -0.39 is 0 Å². The molecule has 0 unspecified atom stereocenters. The zero-order valence-corrected chi connectivity index (χ0v) is 16.0. The number of carbonyl (C=O) groups is 1. The highest BCUT2D eigenvalue weighted by molar-refractivity contribution is 8.18. The van der Waals surface area contributed by atoms with Crippen molar-refractivity contribution >= 4 is 34.6 Å². The number of rotatable bonds is 5. The minimum absolute atomic E-state index is 0.0127. The van der Waals surface area contributed by atoms with E-state index in [9.17, 15) is 9.18 Å². The summed E-state index contributed by atoms with van der Waals surface area (Å²) in [6.45, 7) is 4.64. The van der Waals surface area contributed by atoms with Gasteiger partial charge in [-0.2, -0.15) is 0 Å². The lowest BCUT2D eigenvalue weighted by molar-refractivity contribution is -0.122. The second-order valence-corrected chi connectivity index (χ2v) is 7.70. The second-order valence-electron chi connectivity index (χ2n) is 6.69. The highest BCUT2D eigenvalue weighted by atomic mass is 32.2. The topological polar surface area (TPSA) is 52.9 Å². The molecule has 0 aromatic heterocycles. The predicted octanol–water partition coefficient (Wildman–Crippen LogP) is 4.58. The van der Waals surface area contributed by atoms with E-state index in [0.29, 0.717) is 22.3 Å². The Morgan fingerprint density at radius 2 is 1.81 bits per heavy atom. The molecule has 1 aliphatic heterocycles. The molecule has 0 aliphatic carbocycles. The van der Waals surface area contributed by atoms with Crippen molar-refractivity contribution in [3.8, 4) is 0 Å². The largest absolute Gasteiger partial charge is 0.392 e. The van der Waals surface area contributed by atoms with E-state index in [-0.39, 0.29) is 24.2 Å². The standard InChI is InChI=1S/C21H21FN2O2S/c1-14(2)12-24-20(26)19(11-15-3-5-16(13-25)6-4-15)27-21(24)23-18-9-7-17(22)8-10-18/h3-11,14,25H,12-13H2,1-2H3/b19-11-,23-21?. The number of hydrogen-bond donors (Lipinski definition) is 1. The minimum atomic E-state index is -0.319. The summed E-state index contributed by atoms with van der Waals surface area (Å²) in [5.74, 6) is -0.114. The molecule has 2 aromatic rings. The lowest BCUT2D eigenvalue weighted by Gasteiger charge is -2.17. The number of thioether (sulfide) groups is 1. The highest BCUT2D eigenvalue weighted by Crippen LogP contribution is 2.34. The maximum absolute atomic E-state index is 13.1. The van der Waals surface area contributed by atoms with E-state index >= 15 is 0 Å². The first-order valence-corrected chi connectivity index (χ1v) is 9.53. The molecule has 1 N–H and O–H groups in total. The molecule has 1 saturated heterocycles. The van der Waals surface area contributed by atoms with Gasteiger partial charge in [0.15, 0.2) is 5.17 Å². The average molecular weight is 384 g/mol. The van der Waals surface area contributed by atoms with Crippen LogP contribution < -0.4 is 0 Å². The van der Waals surface area contributed by atoms with Crippen LogP contribution in [0.25, 0.3) is 6.08 Å². The van der Waals surface area contributed by atoms with Crippen LogP contribution in [0.5, 0.6) is 0 Å². The molecule has 1 amide bonds. The number of aliphatic hydroxyl groups excluding tert-OH is 1. The van der Waals surface area contributed by atoms with Gasteiger partial charge in [0.05, 0.1) is 17.2 Å². The Morgan fingerprint density at radius 1 is 1.15 bits per heavy atom. The minimum Gasteiger partial charge on any atom is -0.392 e. The van der Waals surface area contributed by atoms with Gasteiger partial charge >= 0.3 is 0 Å². The molecule has 1 heterocycles. The molecule has 4 nitrogen and oxygen atoms in total. The van der Waals surface area contributed by atoms with Gasteiger partial charge in [0.1, 0.15) is 5.82 Å². The molecule has 0 spiro atoms. The van der Waals surface area contributed by atoms with Crippen LogP contribution in [0.1, 0.15) is 25.0 Å². The first-order valence-electron chi connectivity index (χ1n) is 8.71. The van der Waals surface area contributed by atoms with Gasteiger partial charge < -0.3 is 5.11 Å². The summed E-state index contributed by atoms with van der Waals surface area (Å²) in [5.41, 5.74) is 2.31. The third-order valence-corrected chi connectivity index (χ3v) is 4.95. The molecule has 0 radical (unpaired) electrons. The zero-order valence-electron chi connectivity index (χ0n) is 15.2. The number of nitrogens with zero attached hydrogens (tertiary/aromatic N) is 2. The van der Waals surface area contributed by atoms with Crippen molar-refractivity contribution in [1.29, 1.82) is 0 Å². The maximum Gasteiger partial charge on any atom is 0.266 e. The number of hydrogen-bond acceptors (Lipinski definition) is 4. The molecular weight excluding hydrogens is 363 g/mol. The summed E-state index contributed by atoms with van der Waals surface area (Å²) in [5, 5.41) is 9.74. The van der Waals surface area contributed by atoms with Crippen LogP contribution in [0.15, 0.2) is 58.4 Å². The third kappa shape index (κ3) is 4.84. The number of amides is 1. The molecule has 3 rings (SSSR count). The third-order valence-electron chi connectivity index (χ3n) is 3.95. The van der Waals surface area contributed by atoms with Crippen LogP contribution in [-0.2, 0) is 11.4 Å². The summed E-state index contributed by atoms with van der Waals surface area (Å²) in [6, 6.07) is 13.3. The van der Waals surface area contributed by atoms with Gasteiger partial charge in [-0.25, -0.2) is 9.38 Å². The van der Waals surface area contributed by atoms with E-state index in [1.54, 1.807) is 17.0 Å². The van der Waals surface area contributed by atoms with Gasteiger partial charge in [0.2, 0.25) is 0 Å². The maximum atomic E-state index is 13.1. The Labute approximate surface area is 162 Å². The van der Waals surface area contributed by atoms with Crippen molar-refractivity contribution in [1.82, 2.24) is 4.90 Å². The monoisotopic (exact) mass is 384 g/mol. The van der Waals surface area contributed by atoms with Crippen molar-refractivity contribution < 1.29 is 14.3 Å². The fraction of sp³-hybridized carbons (Fsp3) is 0.238. The number of carbonyl (C=O) groups excluding carboxylic acids is 1. The fourth-order valence-corrected chi connectivity index (χ4v) is 3.62. The van der Waals surface area contributed by atoms with Crippen LogP contribution in [0.2, 0.25) is 0 Å². The summed E-state index contributed by atoms with van der Waals surface area (Å²) in [6.07, 6.45) is 1.83. The van der Waals surface area contributed by atoms with Crippen LogP contribution in [0, 0.1) is 11.7 Å². The van der Waals surface area contributed by atoms with Gasteiger partial charge in [-0.1, -0.05) is 38.1 Å². The van der Waals surface area contributed by atoms with E-state index in [2.05, 4.69) is 4.99 Å². The van der Waals surface area contributed by atoms with Gasteiger partial charge in [0.25, 0.3) is 5.91 Å². The molecule has 6 heteroatoms. The number of halogens is 1. The Morgan fingerprint density at radius 3 is 2.41 bits per heavy atom.